The molecule has 25 heavy (non-hydrogen) atoms. The third-order valence-electron chi connectivity index (χ3n) is 5.53. The largest absolute Gasteiger partial charge is 0.481 e. The normalized spacial score (nSPS) is 19.6. The standard InChI is InChI=1S/C19H24N2O4/c1-19(11-17(23)24,13-5-3-2-4-6-13)18(25)20-14-7-8-15-12(9-14)10-16(22)21-15/h7-9,13H,2-6,10-11H2,1H3,(H,20,25)(H,21,22)(H,23,24). The van der Waals surface area contributed by atoms with Crippen LogP contribution in [0.4, 0.5) is 11.4 Å². The predicted molar refractivity (Wildman–Crippen MR) is 94.3 cm³/mol. The van der Waals surface area contributed by atoms with E-state index >= 15 is 0 Å². The second-order valence-corrected chi connectivity index (χ2v) is 7.37. The summed E-state index contributed by atoms with van der Waals surface area (Å²) in [6.07, 6.45) is 5.13. The summed E-state index contributed by atoms with van der Waals surface area (Å²) in [5, 5.41) is 15.0. The molecule has 0 spiro atoms. The van der Waals surface area contributed by atoms with Crippen molar-refractivity contribution in [2.75, 3.05) is 10.6 Å². The van der Waals surface area contributed by atoms with Crippen LogP contribution in [0.15, 0.2) is 18.2 Å². The van der Waals surface area contributed by atoms with E-state index in [2.05, 4.69) is 10.6 Å². The molecule has 2 aliphatic rings. The van der Waals surface area contributed by atoms with Gasteiger partial charge in [-0.2, -0.15) is 0 Å². The highest BCUT2D eigenvalue weighted by atomic mass is 16.4. The van der Waals surface area contributed by atoms with Crippen molar-refractivity contribution in [2.45, 2.75) is 51.9 Å². The fourth-order valence-corrected chi connectivity index (χ4v) is 4.04. The van der Waals surface area contributed by atoms with Crippen molar-refractivity contribution in [3.05, 3.63) is 23.8 Å². The molecule has 134 valence electrons. The molecule has 1 heterocycles. The smallest absolute Gasteiger partial charge is 0.304 e. The van der Waals surface area contributed by atoms with Gasteiger partial charge in [-0.15, -0.1) is 0 Å². The fraction of sp³-hybridized carbons (Fsp3) is 0.526. The minimum absolute atomic E-state index is 0.0589. The second-order valence-electron chi connectivity index (χ2n) is 7.37. The number of rotatable bonds is 5. The summed E-state index contributed by atoms with van der Waals surface area (Å²) in [7, 11) is 0. The van der Waals surface area contributed by atoms with Crippen LogP contribution in [-0.2, 0) is 20.8 Å². The van der Waals surface area contributed by atoms with Gasteiger partial charge in [0.25, 0.3) is 0 Å². The molecule has 1 fully saturated rings. The number of amides is 2. The van der Waals surface area contributed by atoms with Gasteiger partial charge in [0.2, 0.25) is 11.8 Å². The van der Waals surface area contributed by atoms with Gasteiger partial charge >= 0.3 is 5.97 Å². The van der Waals surface area contributed by atoms with E-state index in [4.69, 9.17) is 0 Å². The summed E-state index contributed by atoms with van der Waals surface area (Å²) in [5.74, 6) is -1.18. The SMILES string of the molecule is CC(CC(=O)O)(C(=O)Nc1ccc2c(c1)CC(=O)N2)C1CCCCC1. The van der Waals surface area contributed by atoms with Crippen LogP contribution >= 0.6 is 0 Å². The molecule has 1 aliphatic heterocycles. The van der Waals surface area contributed by atoms with Crippen molar-refractivity contribution in [1.82, 2.24) is 0 Å². The van der Waals surface area contributed by atoms with Crippen LogP contribution in [0.2, 0.25) is 0 Å². The molecule has 1 saturated carbocycles. The van der Waals surface area contributed by atoms with Crippen molar-refractivity contribution in [3.63, 3.8) is 0 Å². The molecule has 3 N–H and O–H groups in total. The van der Waals surface area contributed by atoms with E-state index in [1.165, 1.54) is 0 Å². The Bertz CT molecular complexity index is 709. The fourth-order valence-electron chi connectivity index (χ4n) is 4.04. The number of benzene rings is 1. The molecule has 0 bridgehead atoms. The molecule has 3 rings (SSSR count). The maximum atomic E-state index is 13.0. The summed E-state index contributed by atoms with van der Waals surface area (Å²) in [4.78, 5) is 35.8. The van der Waals surface area contributed by atoms with Gasteiger partial charge in [0.15, 0.2) is 0 Å². The number of anilines is 2. The van der Waals surface area contributed by atoms with E-state index in [1.807, 2.05) is 0 Å². The van der Waals surface area contributed by atoms with Crippen LogP contribution in [0.5, 0.6) is 0 Å². The summed E-state index contributed by atoms with van der Waals surface area (Å²) in [5.41, 5.74) is 1.29. The lowest BCUT2D eigenvalue weighted by Crippen LogP contribution is -2.42. The van der Waals surface area contributed by atoms with E-state index in [9.17, 15) is 19.5 Å². The highest BCUT2D eigenvalue weighted by Crippen LogP contribution is 2.42. The zero-order valence-electron chi connectivity index (χ0n) is 14.4. The quantitative estimate of drug-likeness (QED) is 0.764. The molecule has 0 saturated heterocycles. The third kappa shape index (κ3) is 3.67. The first-order valence-electron chi connectivity index (χ1n) is 8.84. The Kier molecular flexibility index (Phi) is 4.79. The van der Waals surface area contributed by atoms with Crippen molar-refractivity contribution >= 4 is 29.2 Å². The van der Waals surface area contributed by atoms with Crippen molar-refractivity contribution in [3.8, 4) is 0 Å². The van der Waals surface area contributed by atoms with Gasteiger partial charge in [-0.1, -0.05) is 19.3 Å². The van der Waals surface area contributed by atoms with Crippen LogP contribution in [-0.4, -0.2) is 22.9 Å². The summed E-state index contributed by atoms with van der Waals surface area (Å²) in [6.45, 7) is 1.77. The topological polar surface area (TPSA) is 95.5 Å². The lowest BCUT2D eigenvalue weighted by molar-refractivity contribution is -0.145. The van der Waals surface area contributed by atoms with Crippen LogP contribution in [0.3, 0.4) is 0 Å². The maximum absolute atomic E-state index is 13.0. The van der Waals surface area contributed by atoms with Crippen molar-refractivity contribution in [2.24, 2.45) is 11.3 Å². The number of carboxylic acids is 1. The number of fused-ring (bicyclic) bond motifs is 1. The lowest BCUT2D eigenvalue weighted by Gasteiger charge is -2.37. The number of carbonyl (C=O) groups excluding carboxylic acids is 2. The Balaban J connectivity index is 1.79. The molecule has 1 unspecified atom stereocenters. The van der Waals surface area contributed by atoms with E-state index in [1.54, 1.807) is 25.1 Å². The summed E-state index contributed by atoms with van der Waals surface area (Å²) < 4.78 is 0. The molecule has 1 atom stereocenters. The van der Waals surface area contributed by atoms with Gasteiger partial charge in [0.1, 0.15) is 0 Å². The molecule has 0 radical (unpaired) electrons. The van der Waals surface area contributed by atoms with Crippen LogP contribution in [0.25, 0.3) is 0 Å². The Morgan fingerprint density at radius 1 is 1.28 bits per heavy atom. The number of hydrogen-bond donors (Lipinski definition) is 3. The number of hydrogen-bond acceptors (Lipinski definition) is 3. The maximum Gasteiger partial charge on any atom is 0.304 e. The Morgan fingerprint density at radius 3 is 2.68 bits per heavy atom. The molecule has 6 nitrogen and oxygen atoms in total. The molecule has 1 aromatic rings. The number of nitrogens with one attached hydrogen (secondary N) is 2. The van der Waals surface area contributed by atoms with Gasteiger partial charge in [-0.3, -0.25) is 14.4 Å². The first-order chi connectivity index (χ1) is 11.9. The molecule has 1 aliphatic carbocycles. The van der Waals surface area contributed by atoms with Crippen LogP contribution in [0, 0.1) is 11.3 Å². The molecule has 1 aromatic carbocycles. The second kappa shape index (κ2) is 6.86. The van der Waals surface area contributed by atoms with Crippen LogP contribution < -0.4 is 10.6 Å². The number of aliphatic carboxylic acids is 1. The Labute approximate surface area is 147 Å². The third-order valence-corrected chi connectivity index (χ3v) is 5.53. The Morgan fingerprint density at radius 2 is 2.00 bits per heavy atom. The summed E-state index contributed by atoms with van der Waals surface area (Å²) >= 11 is 0. The lowest BCUT2D eigenvalue weighted by atomic mass is 9.67. The summed E-state index contributed by atoms with van der Waals surface area (Å²) in [6, 6.07) is 5.29. The minimum atomic E-state index is -0.952. The highest BCUT2D eigenvalue weighted by Gasteiger charge is 2.43. The number of carboxylic acid groups (broad SMARTS) is 1. The van der Waals surface area contributed by atoms with Crippen molar-refractivity contribution < 1.29 is 19.5 Å². The zero-order chi connectivity index (χ0) is 18.0. The van der Waals surface area contributed by atoms with Crippen molar-refractivity contribution in [1.29, 1.82) is 0 Å². The van der Waals surface area contributed by atoms with Crippen LogP contribution in [0.1, 0.15) is 51.0 Å². The monoisotopic (exact) mass is 344 g/mol. The predicted octanol–water partition coefficient (Wildman–Crippen LogP) is 3.18. The molecule has 2 amide bonds. The van der Waals surface area contributed by atoms with E-state index in [0.29, 0.717) is 12.1 Å². The van der Waals surface area contributed by atoms with E-state index in [0.717, 1.165) is 43.4 Å². The average Bonchev–Trinajstić information content (AvgIpc) is 2.94. The first kappa shape index (κ1) is 17.5. The van der Waals surface area contributed by atoms with Gasteiger partial charge in [0.05, 0.1) is 18.3 Å². The molecule has 6 heteroatoms. The molecular formula is C19H24N2O4. The molecular weight excluding hydrogens is 320 g/mol. The van der Waals surface area contributed by atoms with Gasteiger partial charge in [0, 0.05) is 11.4 Å². The van der Waals surface area contributed by atoms with Gasteiger partial charge in [-0.05, 0) is 49.4 Å². The van der Waals surface area contributed by atoms with Gasteiger partial charge < -0.3 is 15.7 Å². The Hall–Kier alpha value is -2.37. The van der Waals surface area contributed by atoms with E-state index < -0.39 is 11.4 Å². The average molecular weight is 344 g/mol. The molecule has 0 aromatic heterocycles. The van der Waals surface area contributed by atoms with Gasteiger partial charge in [-0.25, -0.2) is 0 Å². The zero-order valence-corrected chi connectivity index (χ0v) is 14.4. The number of carbonyl (C=O) groups is 3. The first-order valence-corrected chi connectivity index (χ1v) is 8.84. The minimum Gasteiger partial charge on any atom is -0.481 e. The highest BCUT2D eigenvalue weighted by molar-refractivity contribution is 6.01. The van der Waals surface area contributed by atoms with E-state index in [-0.39, 0.29) is 24.2 Å².